The molecule has 3 aliphatic heterocycles. The van der Waals surface area contributed by atoms with Crippen LogP contribution in [0.5, 0.6) is 0 Å². The van der Waals surface area contributed by atoms with E-state index in [2.05, 4.69) is 17.2 Å². The number of aryl methyl sites for hydroxylation is 1. The number of carbonyl (C=O) groups excluding carboxylic acids is 2. The number of nitrogens with one attached hydrogen (secondary N) is 2. The molecule has 4 heterocycles. The predicted molar refractivity (Wildman–Crippen MR) is 161 cm³/mol. The van der Waals surface area contributed by atoms with Crippen LogP contribution in [0.3, 0.4) is 0 Å². The van der Waals surface area contributed by atoms with Gasteiger partial charge in [0.2, 0.25) is 12.2 Å². The average molecular weight is 645 g/mol. The highest BCUT2D eigenvalue weighted by atomic mass is 16.8. The second-order valence-corrected chi connectivity index (χ2v) is 12.0. The van der Waals surface area contributed by atoms with Crippen molar-refractivity contribution in [3.8, 4) is 0 Å². The van der Waals surface area contributed by atoms with Gasteiger partial charge in [-0.3, -0.25) is 23.9 Å². The largest absolute Gasteiger partial charge is 0.456 e. The summed E-state index contributed by atoms with van der Waals surface area (Å²) >= 11 is 0. The highest BCUT2D eigenvalue weighted by Gasteiger charge is 2.54. The number of nitrogens with zero attached hydrogens (tertiary/aromatic N) is 1. The summed E-state index contributed by atoms with van der Waals surface area (Å²) in [4.78, 5) is 52.2. The number of aliphatic hydroxyl groups is 2. The van der Waals surface area contributed by atoms with Gasteiger partial charge in [-0.15, -0.1) is 0 Å². The summed E-state index contributed by atoms with van der Waals surface area (Å²) in [5.74, 6) is -4.06. The van der Waals surface area contributed by atoms with Gasteiger partial charge in [-0.25, -0.2) is 4.79 Å². The molecule has 3 aliphatic rings. The fourth-order valence-electron chi connectivity index (χ4n) is 5.86. The Balaban J connectivity index is 1.35. The van der Waals surface area contributed by atoms with Crippen LogP contribution < -0.4 is 22.3 Å². The molecule has 0 saturated carbocycles. The highest BCUT2D eigenvalue weighted by Crippen LogP contribution is 2.40. The van der Waals surface area contributed by atoms with Gasteiger partial charge < -0.3 is 44.9 Å². The molecule has 15 nitrogen and oxygen atoms in total. The lowest BCUT2D eigenvalue weighted by Crippen LogP contribution is -2.52. The van der Waals surface area contributed by atoms with Crippen molar-refractivity contribution in [2.75, 3.05) is 11.9 Å². The van der Waals surface area contributed by atoms with Gasteiger partial charge in [-0.1, -0.05) is 31.9 Å². The number of rotatable bonds is 12. The second-order valence-electron chi connectivity index (χ2n) is 12.0. The summed E-state index contributed by atoms with van der Waals surface area (Å²) in [7, 11) is 0. The Morgan fingerprint density at radius 1 is 1.15 bits per heavy atom. The molecule has 0 spiro atoms. The third kappa shape index (κ3) is 7.24. The van der Waals surface area contributed by atoms with Crippen molar-refractivity contribution in [2.45, 2.75) is 95.3 Å². The number of anilines is 1. The van der Waals surface area contributed by atoms with Crippen LogP contribution in [0, 0.1) is 5.92 Å². The third-order valence-corrected chi connectivity index (χ3v) is 8.14. The van der Waals surface area contributed by atoms with Gasteiger partial charge in [0.1, 0.15) is 18.3 Å². The highest BCUT2D eigenvalue weighted by molar-refractivity contribution is 6.02. The maximum atomic E-state index is 13.3. The first kappa shape index (κ1) is 33.5. The molecule has 2 fully saturated rings. The molecule has 0 unspecified atom stereocenters. The Morgan fingerprint density at radius 2 is 1.89 bits per heavy atom. The first-order chi connectivity index (χ1) is 21.9. The molecule has 0 radical (unpaired) electrons. The molecule has 1 aromatic carbocycles. The number of aromatic amines is 1. The Morgan fingerprint density at radius 3 is 2.54 bits per heavy atom. The lowest BCUT2D eigenvalue weighted by Gasteiger charge is -2.34. The molecule has 0 bridgehead atoms. The molecular formula is C31H40N4O11. The van der Waals surface area contributed by atoms with E-state index in [0.717, 1.165) is 48.1 Å². The van der Waals surface area contributed by atoms with Gasteiger partial charge in [0.15, 0.2) is 30.0 Å². The number of hydrogen-bond acceptors (Lipinski definition) is 11. The number of fused-ring (bicyclic) bond motifs is 1. The van der Waals surface area contributed by atoms with Gasteiger partial charge >= 0.3 is 5.69 Å². The molecule has 1 aromatic heterocycles. The number of aromatic nitrogens is 2. The van der Waals surface area contributed by atoms with Crippen LogP contribution in [0.4, 0.5) is 5.69 Å². The Labute approximate surface area is 264 Å². The number of benzene rings is 1. The minimum Gasteiger partial charge on any atom is -0.456 e. The molecule has 250 valence electrons. The Bertz CT molecular complexity index is 1550. The van der Waals surface area contributed by atoms with Crippen LogP contribution in [0.25, 0.3) is 0 Å². The van der Waals surface area contributed by atoms with Crippen molar-refractivity contribution in [3.05, 3.63) is 74.8 Å². The van der Waals surface area contributed by atoms with Crippen LogP contribution in [0.2, 0.25) is 0 Å². The van der Waals surface area contributed by atoms with Gasteiger partial charge in [-0.05, 0) is 50.5 Å². The van der Waals surface area contributed by atoms with Crippen LogP contribution in [-0.2, 0) is 39.7 Å². The van der Waals surface area contributed by atoms with E-state index in [0.29, 0.717) is 5.69 Å². The van der Waals surface area contributed by atoms with E-state index in [9.17, 15) is 29.4 Å². The maximum Gasteiger partial charge on any atom is 0.330 e. The molecule has 6 N–H and O–H groups in total. The van der Waals surface area contributed by atoms with Crippen molar-refractivity contribution in [3.63, 3.8) is 0 Å². The summed E-state index contributed by atoms with van der Waals surface area (Å²) in [6.45, 7) is 4.79. The standard InChI is InChI=1S/C31H40N4O11/c1-4-5-6-7-16-8-10-17(11-9-16)33-27(40)20-14-19-24(46-31(2,3)45-19)29(42-20)44-25(26(32)39)23-18(15-36)22(38)28(43-23)35-13-12-21(37)34-30(35)41/h8-14,18-19,22-25,28-29,36,38H,4-7,15H2,1-3H3,(H2,32,39)(H,33,40)(H,34,37,41)/t18-,19-,22+,23-,24-,25+,28+,29+/m0/s1. The monoisotopic (exact) mass is 644 g/mol. The van der Waals surface area contributed by atoms with E-state index in [1.54, 1.807) is 26.0 Å². The third-order valence-electron chi connectivity index (χ3n) is 8.14. The number of primary amides is 1. The summed E-state index contributed by atoms with van der Waals surface area (Å²) in [5, 5.41) is 23.9. The summed E-state index contributed by atoms with van der Waals surface area (Å²) in [6, 6.07) is 8.53. The molecular weight excluding hydrogens is 604 g/mol. The molecule has 15 heteroatoms. The Hall–Kier alpha value is -3.86. The van der Waals surface area contributed by atoms with E-state index >= 15 is 0 Å². The van der Waals surface area contributed by atoms with E-state index in [-0.39, 0.29) is 5.76 Å². The number of carbonyl (C=O) groups is 2. The minimum absolute atomic E-state index is 0.161. The van der Waals surface area contributed by atoms with E-state index < -0.39 is 84.4 Å². The van der Waals surface area contributed by atoms with Crippen molar-refractivity contribution in [2.24, 2.45) is 11.7 Å². The summed E-state index contributed by atoms with van der Waals surface area (Å²) in [5.41, 5.74) is 5.87. The number of hydrogen-bond donors (Lipinski definition) is 5. The number of amides is 2. The number of nitrogens with two attached hydrogens (primary N) is 1. The maximum absolute atomic E-state index is 13.3. The number of unbranched alkanes of at least 4 members (excludes halogenated alkanes) is 2. The van der Waals surface area contributed by atoms with Gasteiger partial charge in [-0.2, -0.15) is 0 Å². The van der Waals surface area contributed by atoms with Gasteiger partial charge in [0.25, 0.3) is 11.5 Å². The molecule has 5 rings (SSSR count). The normalized spacial score (nSPS) is 29.0. The number of H-pyrrole nitrogens is 1. The zero-order chi connectivity index (χ0) is 33.2. The minimum atomic E-state index is -1.66. The van der Waals surface area contributed by atoms with Gasteiger partial charge in [0, 0.05) is 23.9 Å². The van der Waals surface area contributed by atoms with Crippen LogP contribution >= 0.6 is 0 Å². The average Bonchev–Trinajstić information content (AvgIpc) is 3.50. The molecule has 8 atom stereocenters. The van der Waals surface area contributed by atoms with Crippen LogP contribution in [-0.4, -0.2) is 80.8 Å². The van der Waals surface area contributed by atoms with Crippen molar-refractivity contribution >= 4 is 17.5 Å². The zero-order valence-electron chi connectivity index (χ0n) is 25.8. The molecule has 2 saturated heterocycles. The summed E-state index contributed by atoms with van der Waals surface area (Å²) < 4.78 is 30.7. The zero-order valence-corrected chi connectivity index (χ0v) is 25.8. The van der Waals surface area contributed by atoms with Gasteiger partial charge in [0.05, 0.1) is 6.61 Å². The number of aliphatic hydroxyl groups excluding tert-OH is 2. The Kier molecular flexibility index (Phi) is 10.1. The number of ether oxygens (including phenoxy) is 5. The van der Waals surface area contributed by atoms with E-state index in [1.165, 1.54) is 6.08 Å². The quantitative estimate of drug-likeness (QED) is 0.200. The summed E-state index contributed by atoms with van der Waals surface area (Å²) in [6.07, 6.45) is -2.29. The van der Waals surface area contributed by atoms with Crippen molar-refractivity contribution < 1.29 is 43.5 Å². The second kappa shape index (κ2) is 13.9. The molecule has 2 amide bonds. The lowest BCUT2D eigenvalue weighted by molar-refractivity contribution is -0.239. The molecule has 2 aromatic rings. The van der Waals surface area contributed by atoms with E-state index in [4.69, 9.17) is 29.4 Å². The van der Waals surface area contributed by atoms with Crippen molar-refractivity contribution in [1.82, 2.24) is 9.55 Å². The topological polar surface area (TPSA) is 214 Å². The van der Waals surface area contributed by atoms with Crippen LogP contribution in [0.15, 0.2) is 58.0 Å². The first-order valence-electron chi connectivity index (χ1n) is 15.3. The lowest BCUT2D eigenvalue weighted by atomic mass is 9.94. The SMILES string of the molecule is CCCCCc1ccc(NC(=O)C2=C[C@@H]3OC(C)(C)O[C@@H]3[C@@H](O[C@@H](C(N)=O)[C@H]3O[C@@H](n4ccc(=O)[nH]c4=O)[C@H](O)[C@@H]3CO)O2)cc1. The first-order valence-corrected chi connectivity index (χ1v) is 15.3. The van der Waals surface area contributed by atoms with Crippen molar-refractivity contribution in [1.29, 1.82) is 0 Å². The molecule has 0 aliphatic carbocycles. The fourth-order valence-corrected chi connectivity index (χ4v) is 5.86. The van der Waals surface area contributed by atoms with Crippen LogP contribution in [0.1, 0.15) is 51.8 Å². The predicted octanol–water partition coefficient (Wildman–Crippen LogP) is 0.406. The smallest absolute Gasteiger partial charge is 0.330 e. The van der Waals surface area contributed by atoms with E-state index in [1.807, 2.05) is 12.1 Å². The molecule has 46 heavy (non-hydrogen) atoms. The fraction of sp³-hybridized carbons (Fsp3) is 0.548.